The van der Waals surface area contributed by atoms with E-state index in [0.717, 1.165) is 19.4 Å². The standard InChI is InChI=1S/C14H20O3/c1-15-13-7-8-17-14(9-13)11-16-10-12-5-3-2-4-6-12/h2-6,13-14H,7-11H2,1H3/t13-,14+/m0/s1. The van der Waals surface area contributed by atoms with Crippen LogP contribution in [-0.2, 0) is 20.8 Å². The fourth-order valence-corrected chi connectivity index (χ4v) is 2.06. The first-order valence-electron chi connectivity index (χ1n) is 6.14. The molecule has 0 bridgehead atoms. The van der Waals surface area contributed by atoms with E-state index in [4.69, 9.17) is 14.2 Å². The van der Waals surface area contributed by atoms with Crippen LogP contribution in [0.25, 0.3) is 0 Å². The van der Waals surface area contributed by atoms with Gasteiger partial charge in [-0.25, -0.2) is 0 Å². The molecule has 1 heterocycles. The average molecular weight is 236 g/mol. The van der Waals surface area contributed by atoms with Crippen LogP contribution >= 0.6 is 0 Å². The molecule has 0 unspecified atom stereocenters. The van der Waals surface area contributed by atoms with Gasteiger partial charge >= 0.3 is 0 Å². The van der Waals surface area contributed by atoms with Crippen LogP contribution in [0, 0.1) is 0 Å². The van der Waals surface area contributed by atoms with Gasteiger partial charge in [0.25, 0.3) is 0 Å². The summed E-state index contributed by atoms with van der Waals surface area (Å²) in [6.45, 7) is 2.07. The van der Waals surface area contributed by atoms with Crippen molar-refractivity contribution in [2.75, 3.05) is 20.3 Å². The van der Waals surface area contributed by atoms with Crippen LogP contribution in [0.2, 0.25) is 0 Å². The van der Waals surface area contributed by atoms with E-state index in [1.54, 1.807) is 7.11 Å². The van der Waals surface area contributed by atoms with Gasteiger partial charge in [0.05, 0.1) is 25.4 Å². The molecule has 17 heavy (non-hydrogen) atoms. The van der Waals surface area contributed by atoms with Crippen molar-refractivity contribution in [2.24, 2.45) is 0 Å². The molecule has 0 aromatic heterocycles. The molecule has 94 valence electrons. The molecule has 0 amide bonds. The first-order chi connectivity index (χ1) is 8.38. The lowest BCUT2D eigenvalue weighted by Gasteiger charge is -2.28. The maximum Gasteiger partial charge on any atom is 0.0833 e. The third kappa shape index (κ3) is 4.11. The van der Waals surface area contributed by atoms with Crippen LogP contribution in [0.3, 0.4) is 0 Å². The Morgan fingerprint density at radius 2 is 2.12 bits per heavy atom. The summed E-state index contributed by atoms with van der Waals surface area (Å²) in [6.07, 6.45) is 2.43. The van der Waals surface area contributed by atoms with Gasteiger partial charge in [-0.2, -0.15) is 0 Å². The molecule has 1 aliphatic heterocycles. The van der Waals surface area contributed by atoms with Crippen molar-refractivity contribution in [3.05, 3.63) is 35.9 Å². The minimum absolute atomic E-state index is 0.178. The third-order valence-corrected chi connectivity index (χ3v) is 3.07. The highest BCUT2D eigenvalue weighted by atomic mass is 16.5. The molecule has 1 aliphatic rings. The number of hydrogen-bond donors (Lipinski definition) is 0. The fourth-order valence-electron chi connectivity index (χ4n) is 2.06. The molecule has 1 saturated heterocycles. The Hall–Kier alpha value is -0.900. The summed E-state index contributed by atoms with van der Waals surface area (Å²) in [5.74, 6) is 0. The molecule has 3 nitrogen and oxygen atoms in total. The van der Waals surface area contributed by atoms with Gasteiger partial charge in [0.15, 0.2) is 0 Å². The summed E-state index contributed by atoms with van der Waals surface area (Å²) in [5.41, 5.74) is 1.20. The van der Waals surface area contributed by atoms with E-state index in [2.05, 4.69) is 12.1 Å². The summed E-state index contributed by atoms with van der Waals surface area (Å²) in [6, 6.07) is 10.2. The van der Waals surface area contributed by atoms with Gasteiger partial charge in [-0.1, -0.05) is 30.3 Å². The monoisotopic (exact) mass is 236 g/mol. The molecule has 1 aromatic rings. The largest absolute Gasteiger partial charge is 0.381 e. The van der Waals surface area contributed by atoms with Crippen LogP contribution < -0.4 is 0 Å². The predicted molar refractivity (Wildman–Crippen MR) is 65.9 cm³/mol. The Bertz CT molecular complexity index is 313. The van der Waals surface area contributed by atoms with Crippen LogP contribution in [0.1, 0.15) is 18.4 Å². The molecule has 1 aromatic carbocycles. The zero-order valence-corrected chi connectivity index (χ0v) is 10.3. The quantitative estimate of drug-likeness (QED) is 0.785. The Labute approximate surface area is 103 Å². The minimum atomic E-state index is 0.178. The maximum atomic E-state index is 5.67. The molecular weight excluding hydrogens is 216 g/mol. The number of hydrogen-bond acceptors (Lipinski definition) is 3. The Kier molecular flexibility index (Phi) is 4.98. The molecule has 0 aliphatic carbocycles. The Balaban J connectivity index is 1.68. The summed E-state index contributed by atoms with van der Waals surface area (Å²) in [7, 11) is 1.76. The number of rotatable bonds is 5. The highest BCUT2D eigenvalue weighted by Gasteiger charge is 2.22. The molecule has 0 saturated carbocycles. The second-order valence-corrected chi connectivity index (χ2v) is 4.38. The molecule has 2 rings (SSSR count). The van der Waals surface area contributed by atoms with Crippen molar-refractivity contribution in [1.29, 1.82) is 0 Å². The average Bonchev–Trinajstić information content (AvgIpc) is 2.40. The molecule has 3 heteroatoms. The summed E-state index contributed by atoms with van der Waals surface area (Å²) >= 11 is 0. The van der Waals surface area contributed by atoms with Gasteiger partial charge in [0.1, 0.15) is 0 Å². The van der Waals surface area contributed by atoms with Crippen molar-refractivity contribution in [1.82, 2.24) is 0 Å². The van der Waals surface area contributed by atoms with Gasteiger partial charge < -0.3 is 14.2 Å². The van der Waals surface area contributed by atoms with Crippen LogP contribution in [0.15, 0.2) is 30.3 Å². The van der Waals surface area contributed by atoms with E-state index in [1.807, 2.05) is 18.2 Å². The van der Waals surface area contributed by atoms with E-state index in [9.17, 15) is 0 Å². The van der Waals surface area contributed by atoms with E-state index in [-0.39, 0.29) is 6.10 Å². The van der Waals surface area contributed by atoms with Gasteiger partial charge in [-0.05, 0) is 12.0 Å². The highest BCUT2D eigenvalue weighted by Crippen LogP contribution is 2.16. The Morgan fingerprint density at radius 1 is 1.29 bits per heavy atom. The highest BCUT2D eigenvalue weighted by molar-refractivity contribution is 5.13. The number of methoxy groups -OCH3 is 1. The molecule has 0 spiro atoms. The van der Waals surface area contributed by atoms with E-state index < -0.39 is 0 Å². The van der Waals surface area contributed by atoms with Gasteiger partial charge in [-0.15, -0.1) is 0 Å². The SMILES string of the molecule is CO[C@H]1CCO[C@@H](COCc2ccccc2)C1. The smallest absolute Gasteiger partial charge is 0.0833 e. The lowest BCUT2D eigenvalue weighted by molar-refractivity contribution is -0.0904. The van der Waals surface area contributed by atoms with Crippen LogP contribution in [-0.4, -0.2) is 32.5 Å². The molecule has 0 radical (unpaired) electrons. The maximum absolute atomic E-state index is 5.67. The van der Waals surface area contributed by atoms with Crippen LogP contribution in [0.4, 0.5) is 0 Å². The lowest BCUT2D eigenvalue weighted by atomic mass is 10.1. The summed E-state index contributed by atoms with van der Waals surface area (Å²) in [4.78, 5) is 0. The third-order valence-electron chi connectivity index (χ3n) is 3.07. The van der Waals surface area contributed by atoms with Gasteiger partial charge in [-0.3, -0.25) is 0 Å². The molecule has 1 fully saturated rings. The second-order valence-electron chi connectivity index (χ2n) is 4.38. The summed E-state index contributed by atoms with van der Waals surface area (Å²) < 4.78 is 16.7. The lowest BCUT2D eigenvalue weighted by Crippen LogP contribution is -2.33. The van der Waals surface area contributed by atoms with Gasteiger partial charge in [0.2, 0.25) is 0 Å². The van der Waals surface area contributed by atoms with Crippen molar-refractivity contribution in [3.8, 4) is 0 Å². The topological polar surface area (TPSA) is 27.7 Å². The molecular formula is C14H20O3. The first kappa shape index (κ1) is 12.6. The fraction of sp³-hybridized carbons (Fsp3) is 0.571. The first-order valence-corrected chi connectivity index (χ1v) is 6.14. The molecule has 0 N–H and O–H groups in total. The van der Waals surface area contributed by atoms with Gasteiger partial charge in [0, 0.05) is 20.1 Å². The second kappa shape index (κ2) is 6.74. The zero-order chi connectivity index (χ0) is 11.9. The van der Waals surface area contributed by atoms with Crippen molar-refractivity contribution in [2.45, 2.75) is 31.7 Å². The summed E-state index contributed by atoms with van der Waals surface area (Å²) in [5, 5.41) is 0. The van der Waals surface area contributed by atoms with Crippen LogP contribution in [0.5, 0.6) is 0 Å². The minimum Gasteiger partial charge on any atom is -0.381 e. The number of benzene rings is 1. The van der Waals surface area contributed by atoms with E-state index in [0.29, 0.717) is 19.3 Å². The van der Waals surface area contributed by atoms with Crippen molar-refractivity contribution < 1.29 is 14.2 Å². The number of ether oxygens (including phenoxy) is 3. The molecule has 2 atom stereocenters. The van der Waals surface area contributed by atoms with Crippen molar-refractivity contribution >= 4 is 0 Å². The zero-order valence-electron chi connectivity index (χ0n) is 10.3. The van der Waals surface area contributed by atoms with E-state index >= 15 is 0 Å². The predicted octanol–water partition coefficient (Wildman–Crippen LogP) is 2.40. The Morgan fingerprint density at radius 3 is 2.88 bits per heavy atom. The van der Waals surface area contributed by atoms with Crippen molar-refractivity contribution in [3.63, 3.8) is 0 Å². The van der Waals surface area contributed by atoms with E-state index in [1.165, 1.54) is 5.56 Å². The normalized spacial score (nSPS) is 24.8.